The van der Waals surface area contributed by atoms with Gasteiger partial charge in [0.05, 0.1) is 5.75 Å². The van der Waals surface area contributed by atoms with Crippen molar-refractivity contribution in [1.82, 2.24) is 10.0 Å². The van der Waals surface area contributed by atoms with E-state index in [1.807, 2.05) is 32.0 Å². The molecule has 0 saturated heterocycles. The number of hydrogen-bond acceptors (Lipinski definition) is 2. The van der Waals surface area contributed by atoms with Gasteiger partial charge in [-0.1, -0.05) is 30.3 Å². The van der Waals surface area contributed by atoms with Crippen LogP contribution in [0.4, 0.5) is 0 Å². The SMILES string of the molecule is CC(C)[N]CCNS(=O)(=O)Cc1ccccc1. The van der Waals surface area contributed by atoms with Crippen LogP contribution in [0, 0.1) is 0 Å². The van der Waals surface area contributed by atoms with Crippen LogP contribution in [-0.2, 0) is 15.8 Å². The van der Waals surface area contributed by atoms with Crippen LogP contribution in [-0.4, -0.2) is 27.5 Å². The minimum atomic E-state index is -3.24. The molecular weight excluding hydrogens is 236 g/mol. The molecule has 1 aromatic carbocycles. The van der Waals surface area contributed by atoms with Crippen LogP contribution in [0.2, 0.25) is 0 Å². The summed E-state index contributed by atoms with van der Waals surface area (Å²) < 4.78 is 25.9. The van der Waals surface area contributed by atoms with E-state index in [0.717, 1.165) is 5.56 Å². The maximum Gasteiger partial charge on any atom is 0.215 e. The van der Waals surface area contributed by atoms with Crippen LogP contribution in [0.3, 0.4) is 0 Å². The summed E-state index contributed by atoms with van der Waals surface area (Å²) in [5.41, 5.74) is 0.792. The first-order valence-corrected chi connectivity index (χ1v) is 7.33. The largest absolute Gasteiger partial charge is 0.238 e. The molecule has 0 spiro atoms. The van der Waals surface area contributed by atoms with Crippen molar-refractivity contribution in [3.63, 3.8) is 0 Å². The van der Waals surface area contributed by atoms with Crippen molar-refractivity contribution in [3.8, 4) is 0 Å². The zero-order chi connectivity index (χ0) is 12.7. The van der Waals surface area contributed by atoms with E-state index < -0.39 is 10.0 Å². The normalized spacial score (nSPS) is 11.9. The Morgan fingerprint density at radius 3 is 2.47 bits per heavy atom. The maximum atomic E-state index is 11.7. The highest BCUT2D eigenvalue weighted by Crippen LogP contribution is 2.03. The highest BCUT2D eigenvalue weighted by Gasteiger charge is 2.10. The third-order valence-electron chi connectivity index (χ3n) is 2.13. The van der Waals surface area contributed by atoms with Crippen LogP contribution >= 0.6 is 0 Å². The zero-order valence-corrected chi connectivity index (χ0v) is 11.1. The van der Waals surface area contributed by atoms with Gasteiger partial charge in [-0.15, -0.1) is 0 Å². The molecule has 4 nitrogen and oxygen atoms in total. The summed E-state index contributed by atoms with van der Waals surface area (Å²) in [6.45, 7) is 4.83. The van der Waals surface area contributed by atoms with E-state index in [9.17, 15) is 8.42 Å². The Hall–Kier alpha value is -0.910. The Labute approximate surface area is 103 Å². The Morgan fingerprint density at radius 2 is 1.88 bits per heavy atom. The van der Waals surface area contributed by atoms with Gasteiger partial charge in [-0.25, -0.2) is 18.5 Å². The van der Waals surface area contributed by atoms with Crippen molar-refractivity contribution in [2.45, 2.75) is 25.6 Å². The van der Waals surface area contributed by atoms with E-state index >= 15 is 0 Å². The van der Waals surface area contributed by atoms with Gasteiger partial charge in [-0.05, 0) is 19.4 Å². The second-order valence-electron chi connectivity index (χ2n) is 4.14. The summed E-state index contributed by atoms with van der Waals surface area (Å²) in [5, 5.41) is 4.21. The third-order valence-corrected chi connectivity index (χ3v) is 3.48. The topological polar surface area (TPSA) is 60.3 Å². The van der Waals surface area contributed by atoms with E-state index in [2.05, 4.69) is 10.0 Å². The number of hydrogen-bond donors (Lipinski definition) is 1. The molecule has 1 rings (SSSR count). The molecular formula is C12H19N2O2S. The Balaban J connectivity index is 2.37. The molecule has 0 bridgehead atoms. The van der Waals surface area contributed by atoms with E-state index in [0.29, 0.717) is 13.1 Å². The van der Waals surface area contributed by atoms with E-state index in [-0.39, 0.29) is 11.8 Å². The first kappa shape index (κ1) is 14.2. The van der Waals surface area contributed by atoms with Gasteiger partial charge < -0.3 is 0 Å². The van der Waals surface area contributed by atoms with E-state index in [1.165, 1.54) is 0 Å². The number of rotatable bonds is 7. The zero-order valence-electron chi connectivity index (χ0n) is 10.3. The maximum absolute atomic E-state index is 11.7. The molecule has 0 unspecified atom stereocenters. The second-order valence-corrected chi connectivity index (χ2v) is 5.95. The fourth-order valence-electron chi connectivity index (χ4n) is 1.37. The minimum Gasteiger partial charge on any atom is -0.238 e. The van der Waals surface area contributed by atoms with Crippen LogP contribution in [0.1, 0.15) is 19.4 Å². The monoisotopic (exact) mass is 255 g/mol. The Kier molecular flexibility index (Phi) is 5.61. The molecule has 0 fully saturated rings. The van der Waals surface area contributed by atoms with Gasteiger partial charge in [0.15, 0.2) is 0 Å². The lowest BCUT2D eigenvalue weighted by Crippen LogP contribution is -2.32. The molecule has 1 aromatic rings. The summed E-state index contributed by atoms with van der Waals surface area (Å²) in [7, 11) is -3.24. The van der Waals surface area contributed by atoms with Crippen LogP contribution in [0.5, 0.6) is 0 Å². The van der Waals surface area contributed by atoms with Crippen molar-refractivity contribution in [2.24, 2.45) is 0 Å². The highest BCUT2D eigenvalue weighted by atomic mass is 32.2. The van der Waals surface area contributed by atoms with Crippen molar-refractivity contribution < 1.29 is 8.42 Å². The van der Waals surface area contributed by atoms with Crippen molar-refractivity contribution in [1.29, 1.82) is 0 Å². The Bertz CT molecular complexity index is 415. The molecule has 0 atom stereocenters. The third kappa shape index (κ3) is 6.41. The lowest BCUT2D eigenvalue weighted by atomic mass is 10.2. The number of sulfonamides is 1. The van der Waals surface area contributed by atoms with E-state index in [1.54, 1.807) is 12.1 Å². The van der Waals surface area contributed by atoms with Crippen molar-refractivity contribution >= 4 is 10.0 Å². The fraction of sp³-hybridized carbons (Fsp3) is 0.500. The van der Waals surface area contributed by atoms with Crippen molar-refractivity contribution in [2.75, 3.05) is 13.1 Å². The van der Waals surface area contributed by atoms with Crippen LogP contribution < -0.4 is 10.0 Å². The molecule has 5 heteroatoms. The quantitative estimate of drug-likeness (QED) is 0.742. The van der Waals surface area contributed by atoms with Crippen LogP contribution in [0.25, 0.3) is 0 Å². The predicted molar refractivity (Wildman–Crippen MR) is 69.2 cm³/mol. The lowest BCUT2D eigenvalue weighted by Gasteiger charge is -2.08. The molecule has 0 aliphatic rings. The first-order valence-electron chi connectivity index (χ1n) is 5.67. The minimum absolute atomic E-state index is 0.0233. The Morgan fingerprint density at radius 1 is 1.24 bits per heavy atom. The molecule has 0 saturated carbocycles. The smallest absolute Gasteiger partial charge is 0.215 e. The fourth-order valence-corrected chi connectivity index (χ4v) is 2.50. The van der Waals surface area contributed by atoms with E-state index in [4.69, 9.17) is 0 Å². The van der Waals surface area contributed by atoms with Gasteiger partial charge in [0.1, 0.15) is 0 Å². The molecule has 0 heterocycles. The van der Waals surface area contributed by atoms with Crippen molar-refractivity contribution in [3.05, 3.63) is 35.9 Å². The number of nitrogens with zero attached hydrogens (tertiary/aromatic N) is 1. The molecule has 1 radical (unpaired) electrons. The number of benzene rings is 1. The second kappa shape index (κ2) is 6.74. The molecule has 1 N–H and O–H groups in total. The molecule has 0 amide bonds. The molecule has 0 aliphatic carbocycles. The van der Waals surface area contributed by atoms with Gasteiger partial charge in [-0.2, -0.15) is 0 Å². The van der Waals surface area contributed by atoms with Gasteiger partial charge in [0.2, 0.25) is 10.0 Å². The van der Waals surface area contributed by atoms with Gasteiger partial charge >= 0.3 is 0 Å². The highest BCUT2D eigenvalue weighted by molar-refractivity contribution is 7.88. The summed E-state index contributed by atoms with van der Waals surface area (Å²) in [5.74, 6) is 0.0233. The summed E-state index contributed by atoms with van der Waals surface area (Å²) in [4.78, 5) is 0. The molecule has 95 valence electrons. The predicted octanol–water partition coefficient (Wildman–Crippen LogP) is 1.12. The van der Waals surface area contributed by atoms with Gasteiger partial charge in [0, 0.05) is 19.1 Å². The summed E-state index contributed by atoms with van der Waals surface area (Å²) in [6, 6.07) is 9.38. The first-order chi connectivity index (χ1) is 7.99. The summed E-state index contributed by atoms with van der Waals surface area (Å²) >= 11 is 0. The molecule has 17 heavy (non-hydrogen) atoms. The average molecular weight is 255 g/mol. The number of nitrogens with one attached hydrogen (secondary N) is 1. The molecule has 0 aliphatic heterocycles. The molecule has 0 aromatic heterocycles. The van der Waals surface area contributed by atoms with Gasteiger partial charge in [0.25, 0.3) is 0 Å². The average Bonchev–Trinajstić information content (AvgIpc) is 2.25. The van der Waals surface area contributed by atoms with Gasteiger partial charge in [-0.3, -0.25) is 0 Å². The summed E-state index contributed by atoms with van der Waals surface area (Å²) in [6.07, 6.45) is 0. The lowest BCUT2D eigenvalue weighted by molar-refractivity contribution is 0.553. The van der Waals surface area contributed by atoms with Crippen LogP contribution in [0.15, 0.2) is 30.3 Å². The standard InChI is InChI=1S/C12H19N2O2S/c1-11(2)13-8-9-14-17(15,16)10-12-6-4-3-5-7-12/h3-7,11,14H,8-10H2,1-2H3.